The van der Waals surface area contributed by atoms with Crippen LogP contribution in [-0.2, 0) is 0 Å². The molecule has 0 aromatic carbocycles. The molecule has 0 spiro atoms. The lowest BCUT2D eigenvalue weighted by molar-refractivity contribution is 0.437. The number of nitrogens with zero attached hydrogens (tertiary/aromatic N) is 1. The Morgan fingerprint density at radius 1 is 1.47 bits per heavy atom. The number of hydrogen-bond donors (Lipinski definition) is 1. The zero-order valence-corrected chi connectivity index (χ0v) is 12.6. The van der Waals surface area contributed by atoms with Crippen molar-refractivity contribution in [3.63, 3.8) is 0 Å². The highest BCUT2D eigenvalue weighted by Crippen LogP contribution is 2.20. The molecule has 96 valence electrons. The average molecular weight is 252 g/mol. The fourth-order valence-electron chi connectivity index (χ4n) is 1.41. The molecule has 1 heterocycles. The van der Waals surface area contributed by atoms with Crippen LogP contribution in [0.4, 0.5) is 0 Å². The molecule has 0 atom stereocenters. The Kier molecular flexibility index (Phi) is 4.90. The van der Waals surface area contributed by atoms with Gasteiger partial charge in [0.05, 0.1) is 11.2 Å². The number of nitrogens with one attached hydrogen (secondary N) is 1. The van der Waals surface area contributed by atoms with Crippen LogP contribution in [0.3, 0.4) is 0 Å². The lowest BCUT2D eigenvalue weighted by Gasteiger charge is -2.23. The van der Waals surface area contributed by atoms with Crippen molar-refractivity contribution in [3.8, 4) is 0 Å². The first-order valence-corrected chi connectivity index (χ1v) is 7.03. The van der Waals surface area contributed by atoms with Crippen LogP contribution in [0, 0.1) is 12.8 Å². The Bertz CT molecular complexity index is 383. The molecule has 0 saturated carbocycles. The SMILES string of the molecule is Cc1ncsc1C=C(CNC(C)(C)C)C(C)C. The van der Waals surface area contributed by atoms with Gasteiger partial charge in [-0.15, -0.1) is 11.3 Å². The standard InChI is InChI=1S/C14H24N2S/c1-10(2)12(8-16-14(4,5)6)7-13-11(3)15-9-17-13/h7,9-10,16H,8H2,1-6H3. The molecule has 1 N–H and O–H groups in total. The van der Waals surface area contributed by atoms with Crippen molar-refractivity contribution in [2.75, 3.05) is 6.54 Å². The zero-order chi connectivity index (χ0) is 13.1. The topological polar surface area (TPSA) is 24.9 Å². The monoisotopic (exact) mass is 252 g/mol. The van der Waals surface area contributed by atoms with Gasteiger partial charge in [0.1, 0.15) is 0 Å². The van der Waals surface area contributed by atoms with Crippen molar-refractivity contribution in [2.24, 2.45) is 5.92 Å². The van der Waals surface area contributed by atoms with Gasteiger partial charge in [0, 0.05) is 17.0 Å². The smallest absolute Gasteiger partial charge is 0.0801 e. The Morgan fingerprint density at radius 3 is 2.53 bits per heavy atom. The molecule has 0 radical (unpaired) electrons. The van der Waals surface area contributed by atoms with Gasteiger partial charge in [-0.25, -0.2) is 4.98 Å². The Labute approximate surface area is 109 Å². The molecule has 0 aliphatic carbocycles. The van der Waals surface area contributed by atoms with Gasteiger partial charge >= 0.3 is 0 Å². The van der Waals surface area contributed by atoms with Crippen LogP contribution < -0.4 is 5.32 Å². The zero-order valence-electron chi connectivity index (χ0n) is 11.8. The summed E-state index contributed by atoms with van der Waals surface area (Å²) in [6.45, 7) is 14.1. The molecule has 2 nitrogen and oxygen atoms in total. The van der Waals surface area contributed by atoms with Gasteiger partial charge in [-0.2, -0.15) is 0 Å². The quantitative estimate of drug-likeness (QED) is 0.879. The summed E-state index contributed by atoms with van der Waals surface area (Å²) in [4.78, 5) is 5.57. The molecule has 1 aromatic rings. The first-order chi connectivity index (χ1) is 7.79. The van der Waals surface area contributed by atoms with E-state index in [4.69, 9.17) is 0 Å². The summed E-state index contributed by atoms with van der Waals surface area (Å²) >= 11 is 1.71. The molecule has 1 aromatic heterocycles. The second-order valence-electron chi connectivity index (χ2n) is 5.78. The van der Waals surface area contributed by atoms with E-state index in [0.717, 1.165) is 12.2 Å². The Hall–Kier alpha value is -0.670. The largest absolute Gasteiger partial charge is 0.308 e. The maximum Gasteiger partial charge on any atom is 0.0801 e. The predicted molar refractivity (Wildman–Crippen MR) is 77.4 cm³/mol. The lowest BCUT2D eigenvalue weighted by atomic mass is 10.0. The van der Waals surface area contributed by atoms with Crippen LogP contribution in [0.25, 0.3) is 6.08 Å². The summed E-state index contributed by atoms with van der Waals surface area (Å²) in [5, 5.41) is 3.55. The van der Waals surface area contributed by atoms with Gasteiger partial charge in [-0.1, -0.05) is 19.4 Å². The van der Waals surface area contributed by atoms with Crippen LogP contribution in [0.15, 0.2) is 11.1 Å². The molecule has 1 rings (SSSR count). The summed E-state index contributed by atoms with van der Waals surface area (Å²) in [5.41, 5.74) is 4.64. The van der Waals surface area contributed by atoms with Gasteiger partial charge in [0.25, 0.3) is 0 Å². The van der Waals surface area contributed by atoms with Crippen LogP contribution >= 0.6 is 11.3 Å². The Balaban J connectivity index is 2.80. The maximum atomic E-state index is 4.29. The molecular formula is C14H24N2S. The lowest BCUT2D eigenvalue weighted by Crippen LogP contribution is -2.37. The first kappa shape index (κ1) is 14.4. The van der Waals surface area contributed by atoms with Gasteiger partial charge in [0.15, 0.2) is 0 Å². The highest BCUT2D eigenvalue weighted by molar-refractivity contribution is 7.10. The average Bonchev–Trinajstić information content (AvgIpc) is 2.56. The van der Waals surface area contributed by atoms with Crippen LogP contribution in [0.1, 0.15) is 45.2 Å². The molecule has 0 aliphatic heterocycles. The minimum absolute atomic E-state index is 0.163. The highest BCUT2D eigenvalue weighted by Gasteiger charge is 2.12. The van der Waals surface area contributed by atoms with Gasteiger partial charge < -0.3 is 5.32 Å². The van der Waals surface area contributed by atoms with Crippen LogP contribution in [0.2, 0.25) is 0 Å². The van der Waals surface area contributed by atoms with E-state index in [1.807, 2.05) is 5.51 Å². The summed E-state index contributed by atoms with van der Waals surface area (Å²) in [7, 11) is 0. The molecule has 0 bridgehead atoms. The summed E-state index contributed by atoms with van der Waals surface area (Å²) in [6.07, 6.45) is 2.29. The van der Waals surface area contributed by atoms with E-state index < -0.39 is 0 Å². The normalized spacial score (nSPS) is 13.5. The highest BCUT2D eigenvalue weighted by atomic mass is 32.1. The van der Waals surface area contributed by atoms with Crippen LogP contribution in [0.5, 0.6) is 0 Å². The maximum absolute atomic E-state index is 4.29. The first-order valence-electron chi connectivity index (χ1n) is 6.15. The third kappa shape index (κ3) is 5.00. The number of aryl methyl sites for hydroxylation is 1. The van der Waals surface area contributed by atoms with Crippen LogP contribution in [-0.4, -0.2) is 17.1 Å². The molecule has 0 amide bonds. The van der Waals surface area contributed by atoms with E-state index in [0.29, 0.717) is 5.92 Å². The van der Waals surface area contributed by atoms with E-state index in [2.05, 4.69) is 57.9 Å². The van der Waals surface area contributed by atoms with Crippen molar-refractivity contribution < 1.29 is 0 Å². The summed E-state index contributed by atoms with van der Waals surface area (Å²) in [6, 6.07) is 0. The van der Waals surface area contributed by atoms with Crippen molar-refractivity contribution in [1.82, 2.24) is 10.3 Å². The van der Waals surface area contributed by atoms with Crippen molar-refractivity contribution in [3.05, 3.63) is 21.7 Å². The van der Waals surface area contributed by atoms with Crippen molar-refractivity contribution >= 4 is 17.4 Å². The number of thiazole rings is 1. The molecule has 0 unspecified atom stereocenters. The Morgan fingerprint density at radius 2 is 2.12 bits per heavy atom. The molecule has 3 heteroatoms. The van der Waals surface area contributed by atoms with Crippen molar-refractivity contribution in [1.29, 1.82) is 0 Å². The number of aromatic nitrogens is 1. The third-order valence-corrected chi connectivity index (χ3v) is 3.54. The van der Waals surface area contributed by atoms with E-state index in [1.54, 1.807) is 11.3 Å². The fraction of sp³-hybridized carbons (Fsp3) is 0.643. The fourth-order valence-corrected chi connectivity index (χ4v) is 2.17. The predicted octanol–water partition coefficient (Wildman–Crippen LogP) is 3.88. The summed E-state index contributed by atoms with van der Waals surface area (Å²) in [5.74, 6) is 0.561. The second kappa shape index (κ2) is 5.78. The van der Waals surface area contributed by atoms with Gasteiger partial charge in [0.2, 0.25) is 0 Å². The summed E-state index contributed by atoms with van der Waals surface area (Å²) < 4.78 is 0. The molecule has 0 saturated heterocycles. The van der Waals surface area contributed by atoms with E-state index in [1.165, 1.54) is 10.5 Å². The number of rotatable bonds is 4. The number of hydrogen-bond acceptors (Lipinski definition) is 3. The van der Waals surface area contributed by atoms with Gasteiger partial charge in [-0.05, 0) is 39.7 Å². The molecule has 17 heavy (non-hydrogen) atoms. The van der Waals surface area contributed by atoms with E-state index in [-0.39, 0.29) is 5.54 Å². The minimum atomic E-state index is 0.163. The molecular weight excluding hydrogens is 228 g/mol. The van der Waals surface area contributed by atoms with Crippen molar-refractivity contribution in [2.45, 2.75) is 47.1 Å². The van der Waals surface area contributed by atoms with E-state index >= 15 is 0 Å². The third-order valence-electron chi connectivity index (χ3n) is 2.66. The minimum Gasteiger partial charge on any atom is -0.308 e. The van der Waals surface area contributed by atoms with Gasteiger partial charge in [-0.3, -0.25) is 0 Å². The molecule has 0 aliphatic rings. The van der Waals surface area contributed by atoms with E-state index in [9.17, 15) is 0 Å². The second-order valence-corrected chi connectivity index (χ2v) is 6.67. The molecule has 0 fully saturated rings.